The molecule has 1 unspecified atom stereocenters. The van der Waals surface area contributed by atoms with Crippen LogP contribution >= 0.6 is 23.4 Å². The Morgan fingerprint density at radius 3 is 2.45 bits per heavy atom. The van der Waals surface area contributed by atoms with Gasteiger partial charge in [-0.05, 0) is 54.6 Å². The number of halogens is 2. The number of hydrogen-bond acceptors (Lipinski definition) is 4. The molecule has 2 aliphatic heterocycles. The predicted molar refractivity (Wildman–Crippen MR) is 127 cm³/mol. The highest BCUT2D eigenvalue weighted by atomic mass is 35.5. The number of anilines is 3. The lowest BCUT2D eigenvalue weighted by atomic mass is 10.0. The first-order valence-corrected chi connectivity index (χ1v) is 11.5. The molecule has 2 heterocycles. The van der Waals surface area contributed by atoms with Crippen LogP contribution in [0.5, 0.6) is 0 Å². The molecule has 0 aliphatic carbocycles. The summed E-state index contributed by atoms with van der Waals surface area (Å²) in [4.78, 5) is 41.2. The van der Waals surface area contributed by atoms with Crippen LogP contribution in [0.25, 0.3) is 0 Å². The molecule has 5 rings (SSSR count). The Morgan fingerprint density at radius 1 is 1.03 bits per heavy atom. The Morgan fingerprint density at radius 2 is 1.73 bits per heavy atom. The second kappa shape index (κ2) is 8.20. The fourth-order valence-corrected chi connectivity index (χ4v) is 5.67. The zero-order valence-electron chi connectivity index (χ0n) is 17.1. The summed E-state index contributed by atoms with van der Waals surface area (Å²) in [5.74, 6) is -1.30. The van der Waals surface area contributed by atoms with E-state index in [0.29, 0.717) is 27.6 Å². The molecule has 3 aromatic carbocycles. The number of nitrogens with zero attached hydrogens (tertiary/aromatic N) is 2. The molecule has 2 aliphatic rings. The molecule has 3 amide bonds. The van der Waals surface area contributed by atoms with Crippen LogP contribution in [0.2, 0.25) is 5.02 Å². The first-order valence-electron chi connectivity index (χ1n) is 10.1. The van der Waals surface area contributed by atoms with Gasteiger partial charge in [0.15, 0.2) is 0 Å². The highest BCUT2D eigenvalue weighted by molar-refractivity contribution is 8.02. The van der Waals surface area contributed by atoms with E-state index in [1.54, 1.807) is 48.5 Å². The molecule has 1 atom stereocenters. The van der Waals surface area contributed by atoms with E-state index in [9.17, 15) is 18.8 Å². The average molecular weight is 482 g/mol. The molecule has 3 aromatic rings. The van der Waals surface area contributed by atoms with E-state index in [2.05, 4.69) is 5.32 Å². The third-order valence-corrected chi connectivity index (χ3v) is 7.22. The number of benzene rings is 3. The summed E-state index contributed by atoms with van der Waals surface area (Å²) in [6.45, 7) is -0.252. The number of amides is 3. The standard InChI is InChI=1S/C24H17ClFN3O3S/c25-15-5-11-18(12-6-15)29-22(31)14-33-24(29)19-3-1-2-4-20(19)28(23(24)32)13-21(30)27-17-9-7-16(26)8-10-17/h1-12H,13-14H2,(H,27,30). The summed E-state index contributed by atoms with van der Waals surface area (Å²) in [5.41, 5.74) is 2.19. The normalized spacial score (nSPS) is 19.3. The van der Waals surface area contributed by atoms with Crippen molar-refractivity contribution < 1.29 is 18.8 Å². The smallest absolute Gasteiger partial charge is 0.269 e. The molecule has 0 saturated carbocycles. The summed E-state index contributed by atoms with van der Waals surface area (Å²) in [7, 11) is 0. The van der Waals surface area contributed by atoms with E-state index in [1.165, 1.54) is 45.8 Å². The molecule has 0 aromatic heterocycles. The summed E-state index contributed by atoms with van der Waals surface area (Å²) >= 11 is 7.26. The van der Waals surface area contributed by atoms with Gasteiger partial charge in [0.1, 0.15) is 12.4 Å². The van der Waals surface area contributed by atoms with Crippen molar-refractivity contribution in [3.8, 4) is 0 Å². The van der Waals surface area contributed by atoms with Crippen LogP contribution in [0.4, 0.5) is 21.5 Å². The van der Waals surface area contributed by atoms with Crippen molar-refractivity contribution in [1.82, 2.24) is 0 Å². The van der Waals surface area contributed by atoms with E-state index in [0.717, 1.165) is 0 Å². The van der Waals surface area contributed by atoms with Gasteiger partial charge in [-0.15, -0.1) is 11.8 Å². The van der Waals surface area contributed by atoms with Crippen LogP contribution < -0.4 is 15.1 Å². The molecule has 33 heavy (non-hydrogen) atoms. The molecule has 1 fully saturated rings. The van der Waals surface area contributed by atoms with Gasteiger partial charge >= 0.3 is 0 Å². The molecule has 9 heteroatoms. The van der Waals surface area contributed by atoms with Gasteiger partial charge in [-0.25, -0.2) is 4.39 Å². The minimum atomic E-state index is -1.31. The van der Waals surface area contributed by atoms with Gasteiger partial charge in [-0.2, -0.15) is 0 Å². The van der Waals surface area contributed by atoms with Crippen LogP contribution in [0, 0.1) is 5.82 Å². The third kappa shape index (κ3) is 3.55. The first-order chi connectivity index (χ1) is 15.9. The van der Waals surface area contributed by atoms with Gasteiger partial charge in [0, 0.05) is 22.0 Å². The van der Waals surface area contributed by atoms with Crippen LogP contribution in [-0.2, 0) is 19.3 Å². The highest BCUT2D eigenvalue weighted by Gasteiger charge is 2.61. The fraction of sp³-hybridized carbons (Fsp3) is 0.125. The number of fused-ring (bicyclic) bond motifs is 2. The number of para-hydroxylation sites is 1. The van der Waals surface area contributed by atoms with E-state index in [-0.39, 0.29) is 24.1 Å². The molecule has 6 nitrogen and oxygen atoms in total. The maximum Gasteiger partial charge on any atom is 0.269 e. The number of rotatable bonds is 4. The van der Waals surface area contributed by atoms with E-state index >= 15 is 0 Å². The topological polar surface area (TPSA) is 69.7 Å². The Balaban J connectivity index is 1.50. The number of nitrogens with one attached hydrogen (secondary N) is 1. The molecular weight excluding hydrogens is 465 g/mol. The van der Waals surface area contributed by atoms with Gasteiger partial charge in [0.25, 0.3) is 5.91 Å². The molecular formula is C24H17ClFN3O3S. The van der Waals surface area contributed by atoms with Crippen molar-refractivity contribution in [1.29, 1.82) is 0 Å². The lowest BCUT2D eigenvalue weighted by Crippen LogP contribution is -2.50. The largest absolute Gasteiger partial charge is 0.325 e. The third-order valence-electron chi connectivity index (χ3n) is 5.58. The zero-order chi connectivity index (χ0) is 23.2. The van der Waals surface area contributed by atoms with E-state index < -0.39 is 16.6 Å². The van der Waals surface area contributed by atoms with Crippen LogP contribution in [0.1, 0.15) is 5.56 Å². The number of thioether (sulfide) groups is 1. The monoisotopic (exact) mass is 481 g/mol. The first kappa shape index (κ1) is 21.5. The lowest BCUT2D eigenvalue weighted by Gasteiger charge is -2.33. The minimum Gasteiger partial charge on any atom is -0.325 e. The van der Waals surface area contributed by atoms with Crippen LogP contribution in [0.15, 0.2) is 72.8 Å². The Kier molecular flexibility index (Phi) is 5.34. The van der Waals surface area contributed by atoms with Crippen molar-refractivity contribution in [2.75, 3.05) is 27.4 Å². The highest BCUT2D eigenvalue weighted by Crippen LogP contribution is 2.55. The van der Waals surface area contributed by atoms with Crippen molar-refractivity contribution in [2.45, 2.75) is 4.87 Å². The Bertz CT molecular complexity index is 1270. The number of carbonyl (C=O) groups is 3. The second-order valence-corrected chi connectivity index (χ2v) is 9.21. The summed E-state index contributed by atoms with van der Waals surface area (Å²) in [6.07, 6.45) is 0. The van der Waals surface area contributed by atoms with Gasteiger partial charge < -0.3 is 5.32 Å². The molecule has 1 spiro atoms. The van der Waals surface area contributed by atoms with Gasteiger partial charge in [-0.3, -0.25) is 24.2 Å². The average Bonchev–Trinajstić information content (AvgIpc) is 3.27. The minimum absolute atomic E-state index is 0.123. The summed E-state index contributed by atoms with van der Waals surface area (Å²) < 4.78 is 13.2. The van der Waals surface area contributed by atoms with Crippen LogP contribution in [0.3, 0.4) is 0 Å². The quantitative estimate of drug-likeness (QED) is 0.599. The van der Waals surface area contributed by atoms with E-state index in [4.69, 9.17) is 11.6 Å². The number of carbonyl (C=O) groups excluding carboxylic acids is 3. The maximum absolute atomic E-state index is 13.9. The molecule has 0 bridgehead atoms. The lowest BCUT2D eigenvalue weighted by molar-refractivity contribution is -0.124. The van der Waals surface area contributed by atoms with Crippen molar-refractivity contribution >= 4 is 58.1 Å². The Hall–Kier alpha value is -3.36. The predicted octanol–water partition coefficient (Wildman–Crippen LogP) is 4.40. The summed E-state index contributed by atoms with van der Waals surface area (Å²) in [6, 6.07) is 19.3. The van der Waals surface area contributed by atoms with Gasteiger partial charge in [0.05, 0.1) is 11.4 Å². The molecule has 1 N–H and O–H groups in total. The molecule has 0 radical (unpaired) electrons. The maximum atomic E-state index is 13.9. The summed E-state index contributed by atoms with van der Waals surface area (Å²) in [5, 5.41) is 3.20. The molecule has 1 saturated heterocycles. The van der Waals surface area contributed by atoms with Crippen molar-refractivity contribution in [2.24, 2.45) is 0 Å². The van der Waals surface area contributed by atoms with Crippen molar-refractivity contribution in [3.63, 3.8) is 0 Å². The van der Waals surface area contributed by atoms with Crippen LogP contribution in [-0.4, -0.2) is 30.0 Å². The second-order valence-electron chi connectivity index (χ2n) is 7.60. The fourth-order valence-electron chi connectivity index (χ4n) is 4.18. The Labute approximate surface area is 198 Å². The number of hydrogen-bond donors (Lipinski definition) is 1. The SMILES string of the molecule is O=C(CN1C(=O)C2(SCC(=O)N2c2ccc(Cl)cc2)c2ccccc21)Nc1ccc(F)cc1. The van der Waals surface area contributed by atoms with E-state index in [1.807, 2.05) is 0 Å². The van der Waals surface area contributed by atoms with Crippen molar-refractivity contribution in [3.05, 3.63) is 89.2 Å². The van der Waals surface area contributed by atoms with Gasteiger partial charge in [-0.1, -0.05) is 29.8 Å². The zero-order valence-corrected chi connectivity index (χ0v) is 18.7. The van der Waals surface area contributed by atoms with Gasteiger partial charge in [0.2, 0.25) is 16.7 Å². The molecule has 166 valence electrons.